The molecule has 27 heavy (non-hydrogen) atoms. The van der Waals surface area contributed by atoms with E-state index in [-0.39, 0.29) is 24.2 Å². The van der Waals surface area contributed by atoms with Gasteiger partial charge in [-0.1, -0.05) is 55.8 Å². The fraction of sp³-hybridized carbons (Fsp3) is 0.273. The van der Waals surface area contributed by atoms with Crippen LogP contribution in [-0.2, 0) is 26.2 Å². The molecular formula is C22H22ClNO3. The number of carbonyl (C=O) groups excluding carboxylic acids is 2. The Morgan fingerprint density at radius 1 is 1.11 bits per heavy atom. The largest absolute Gasteiger partial charge is 0.457 e. The lowest BCUT2D eigenvalue weighted by Crippen LogP contribution is -2.25. The van der Waals surface area contributed by atoms with Crippen molar-refractivity contribution < 1.29 is 14.3 Å². The number of nitrogens with zero attached hydrogens (tertiary/aromatic N) is 1. The van der Waals surface area contributed by atoms with Gasteiger partial charge in [-0.2, -0.15) is 0 Å². The van der Waals surface area contributed by atoms with E-state index in [0.29, 0.717) is 5.02 Å². The first-order valence-electron chi connectivity index (χ1n) is 8.77. The predicted molar refractivity (Wildman–Crippen MR) is 107 cm³/mol. The van der Waals surface area contributed by atoms with Crippen LogP contribution in [0.2, 0.25) is 5.02 Å². The Balaban J connectivity index is 1.63. The molecule has 3 rings (SSSR count). The molecule has 0 aromatic heterocycles. The van der Waals surface area contributed by atoms with E-state index < -0.39 is 5.97 Å². The number of benzene rings is 2. The van der Waals surface area contributed by atoms with E-state index in [1.165, 1.54) is 5.56 Å². The van der Waals surface area contributed by atoms with E-state index in [9.17, 15) is 9.59 Å². The van der Waals surface area contributed by atoms with Gasteiger partial charge in [-0.25, -0.2) is 0 Å². The second-order valence-corrected chi connectivity index (χ2v) is 7.60. The number of ketones is 1. The summed E-state index contributed by atoms with van der Waals surface area (Å²) in [6.07, 6.45) is 1.69. The summed E-state index contributed by atoms with van der Waals surface area (Å²) in [6, 6.07) is 15.1. The Kier molecular flexibility index (Phi) is 5.38. The van der Waals surface area contributed by atoms with Crippen LogP contribution >= 0.6 is 11.6 Å². The number of carbonyl (C=O) groups is 2. The van der Waals surface area contributed by atoms with Gasteiger partial charge in [0, 0.05) is 34.9 Å². The molecule has 1 heterocycles. The maximum absolute atomic E-state index is 12.4. The number of likely N-dealkylation sites (N-methyl/N-ethyl adjacent to an activating group) is 1. The summed E-state index contributed by atoms with van der Waals surface area (Å²) in [6.45, 7) is 3.90. The number of hydrogen-bond acceptors (Lipinski definition) is 4. The first kappa shape index (κ1) is 19.2. The normalized spacial score (nSPS) is 16.3. The minimum atomic E-state index is -0.439. The first-order chi connectivity index (χ1) is 12.8. The number of hydrogen-bond donors (Lipinski definition) is 0. The zero-order valence-corrected chi connectivity index (χ0v) is 16.4. The zero-order valence-electron chi connectivity index (χ0n) is 15.7. The molecule has 4 nitrogen and oxygen atoms in total. The number of esters is 1. The number of ether oxygens (including phenoxy) is 1. The molecule has 1 aliphatic heterocycles. The van der Waals surface area contributed by atoms with Crippen LogP contribution in [0.25, 0.3) is 0 Å². The molecule has 0 unspecified atom stereocenters. The summed E-state index contributed by atoms with van der Waals surface area (Å²) in [5.41, 5.74) is 3.66. The third-order valence-electron chi connectivity index (χ3n) is 4.88. The molecule has 140 valence electrons. The molecule has 0 aliphatic carbocycles. The Morgan fingerprint density at radius 2 is 1.78 bits per heavy atom. The SMILES string of the molecule is CN1C(=CC(=O)COC(=O)Cc2ccc(Cl)cc2)C(C)(C)c2ccccc21. The molecule has 0 radical (unpaired) electrons. The summed E-state index contributed by atoms with van der Waals surface area (Å²) in [7, 11) is 1.94. The van der Waals surface area contributed by atoms with Crippen molar-refractivity contribution in [2.75, 3.05) is 18.6 Å². The molecule has 0 amide bonds. The van der Waals surface area contributed by atoms with Crippen molar-refractivity contribution in [3.8, 4) is 0 Å². The lowest BCUT2D eigenvalue weighted by molar-refractivity contribution is -0.146. The predicted octanol–water partition coefficient (Wildman–Crippen LogP) is 4.31. The second-order valence-electron chi connectivity index (χ2n) is 7.16. The summed E-state index contributed by atoms with van der Waals surface area (Å²) >= 11 is 5.83. The quantitative estimate of drug-likeness (QED) is 0.570. The highest BCUT2D eigenvalue weighted by molar-refractivity contribution is 6.30. The van der Waals surface area contributed by atoms with Crippen LogP contribution in [0.3, 0.4) is 0 Å². The van der Waals surface area contributed by atoms with Gasteiger partial charge >= 0.3 is 5.97 Å². The molecule has 0 saturated heterocycles. The third-order valence-corrected chi connectivity index (χ3v) is 5.13. The molecule has 0 atom stereocenters. The summed E-state index contributed by atoms with van der Waals surface area (Å²) in [5, 5.41) is 0.609. The van der Waals surface area contributed by atoms with Gasteiger partial charge in [0.05, 0.1) is 6.42 Å². The van der Waals surface area contributed by atoms with Crippen molar-refractivity contribution >= 4 is 29.0 Å². The molecule has 0 fully saturated rings. The monoisotopic (exact) mass is 383 g/mol. The van der Waals surface area contributed by atoms with Crippen LogP contribution in [0.1, 0.15) is 25.0 Å². The zero-order chi connectivity index (χ0) is 19.6. The van der Waals surface area contributed by atoms with Gasteiger partial charge in [0.15, 0.2) is 12.4 Å². The van der Waals surface area contributed by atoms with E-state index in [1.807, 2.05) is 30.1 Å². The molecule has 0 spiro atoms. The molecule has 0 bridgehead atoms. The smallest absolute Gasteiger partial charge is 0.310 e. The third kappa shape index (κ3) is 4.06. The van der Waals surface area contributed by atoms with Crippen molar-refractivity contribution in [3.05, 3.63) is 76.5 Å². The van der Waals surface area contributed by atoms with Crippen LogP contribution in [0.4, 0.5) is 5.69 Å². The minimum Gasteiger partial charge on any atom is -0.457 e. The van der Waals surface area contributed by atoms with Crippen LogP contribution in [0, 0.1) is 0 Å². The molecule has 1 aliphatic rings. The molecule has 5 heteroatoms. The van der Waals surface area contributed by atoms with Gasteiger partial charge in [-0.05, 0) is 29.3 Å². The summed E-state index contributed by atoms with van der Waals surface area (Å²) in [4.78, 5) is 26.4. The highest BCUT2D eigenvalue weighted by atomic mass is 35.5. The Bertz CT molecular complexity index is 900. The average molecular weight is 384 g/mol. The average Bonchev–Trinajstić information content (AvgIpc) is 2.83. The fourth-order valence-corrected chi connectivity index (χ4v) is 3.55. The number of fused-ring (bicyclic) bond motifs is 1. The van der Waals surface area contributed by atoms with E-state index >= 15 is 0 Å². The number of para-hydroxylation sites is 1. The Labute approximate surface area is 164 Å². The van der Waals surface area contributed by atoms with E-state index in [4.69, 9.17) is 16.3 Å². The van der Waals surface area contributed by atoms with Crippen LogP contribution in [0.15, 0.2) is 60.3 Å². The number of rotatable bonds is 5. The maximum atomic E-state index is 12.4. The fourth-order valence-electron chi connectivity index (χ4n) is 3.42. The van der Waals surface area contributed by atoms with Crippen LogP contribution < -0.4 is 4.90 Å². The van der Waals surface area contributed by atoms with Gasteiger partial charge in [-0.15, -0.1) is 0 Å². The van der Waals surface area contributed by atoms with Crippen molar-refractivity contribution in [2.24, 2.45) is 0 Å². The highest BCUT2D eigenvalue weighted by Crippen LogP contribution is 2.46. The molecule has 0 saturated carbocycles. The Hall–Kier alpha value is -2.59. The number of anilines is 1. The Morgan fingerprint density at radius 3 is 2.44 bits per heavy atom. The van der Waals surface area contributed by atoms with Gasteiger partial charge in [0.1, 0.15) is 0 Å². The van der Waals surface area contributed by atoms with Crippen LogP contribution in [0.5, 0.6) is 0 Å². The standard InChI is InChI=1S/C22H22ClNO3/c1-22(2)18-6-4-5-7-19(18)24(3)20(22)13-17(25)14-27-21(26)12-15-8-10-16(23)11-9-15/h4-11,13H,12,14H2,1-3H3. The lowest BCUT2D eigenvalue weighted by atomic mass is 9.83. The summed E-state index contributed by atoms with van der Waals surface area (Å²) in [5.74, 6) is -0.673. The number of halogens is 1. The topological polar surface area (TPSA) is 46.6 Å². The minimum absolute atomic E-state index is 0.109. The molecule has 0 N–H and O–H groups in total. The van der Waals surface area contributed by atoms with Gasteiger partial charge < -0.3 is 9.64 Å². The van der Waals surface area contributed by atoms with Gasteiger partial charge in [0.2, 0.25) is 0 Å². The van der Waals surface area contributed by atoms with E-state index in [2.05, 4.69) is 19.9 Å². The van der Waals surface area contributed by atoms with Gasteiger partial charge in [-0.3, -0.25) is 9.59 Å². The maximum Gasteiger partial charge on any atom is 0.310 e. The van der Waals surface area contributed by atoms with Crippen molar-refractivity contribution in [1.29, 1.82) is 0 Å². The molecular weight excluding hydrogens is 362 g/mol. The first-order valence-corrected chi connectivity index (χ1v) is 9.15. The number of allylic oxidation sites excluding steroid dienone is 1. The molecule has 2 aromatic rings. The second kappa shape index (κ2) is 7.57. The van der Waals surface area contributed by atoms with Crippen LogP contribution in [-0.4, -0.2) is 25.4 Å². The lowest BCUT2D eigenvalue weighted by Gasteiger charge is -2.23. The van der Waals surface area contributed by atoms with E-state index in [1.54, 1.807) is 30.3 Å². The molecule has 2 aromatic carbocycles. The van der Waals surface area contributed by atoms with Crippen molar-refractivity contribution in [2.45, 2.75) is 25.7 Å². The summed E-state index contributed by atoms with van der Waals surface area (Å²) < 4.78 is 5.14. The van der Waals surface area contributed by atoms with E-state index in [0.717, 1.165) is 16.9 Å². The highest BCUT2D eigenvalue weighted by Gasteiger charge is 2.38. The van der Waals surface area contributed by atoms with Gasteiger partial charge in [0.25, 0.3) is 0 Å². The van der Waals surface area contributed by atoms with Crippen molar-refractivity contribution in [3.63, 3.8) is 0 Å². The van der Waals surface area contributed by atoms with Crippen molar-refractivity contribution in [1.82, 2.24) is 0 Å².